The molecule has 1 atom stereocenters. The predicted octanol–water partition coefficient (Wildman–Crippen LogP) is 6.25. The van der Waals surface area contributed by atoms with Crippen molar-refractivity contribution in [2.24, 2.45) is 0 Å². The van der Waals surface area contributed by atoms with Crippen LogP contribution in [0.1, 0.15) is 28.7 Å². The van der Waals surface area contributed by atoms with Crippen molar-refractivity contribution < 1.29 is 24.1 Å². The minimum Gasteiger partial charge on any atom is -0.492 e. The van der Waals surface area contributed by atoms with E-state index in [0.29, 0.717) is 49.2 Å². The zero-order chi connectivity index (χ0) is 24.3. The lowest BCUT2D eigenvalue weighted by atomic mass is 9.90. The van der Waals surface area contributed by atoms with Gasteiger partial charge in [0.05, 0.1) is 6.61 Å². The Bertz CT molecular complexity index is 1400. The number of hydrogen-bond acceptors (Lipinski definition) is 5. The van der Waals surface area contributed by atoms with Gasteiger partial charge >= 0.3 is 0 Å². The number of hydrogen-bond donors (Lipinski definition) is 1. The van der Waals surface area contributed by atoms with E-state index >= 15 is 0 Å². The molecule has 2 aliphatic rings. The number of fused-ring (bicyclic) bond motifs is 4. The van der Waals surface area contributed by atoms with E-state index in [4.69, 9.17) is 18.9 Å². The van der Waals surface area contributed by atoms with Crippen LogP contribution in [0.25, 0.3) is 11.1 Å². The Kier molecular flexibility index (Phi) is 6.06. The predicted molar refractivity (Wildman–Crippen MR) is 138 cm³/mol. The third-order valence-electron chi connectivity index (χ3n) is 6.44. The topological polar surface area (TPSA) is 57.2 Å². The molecule has 5 heteroatoms. The Labute approximate surface area is 210 Å². The van der Waals surface area contributed by atoms with Gasteiger partial charge < -0.3 is 24.1 Å². The quantitative estimate of drug-likeness (QED) is 0.355. The van der Waals surface area contributed by atoms with E-state index in [1.54, 1.807) is 0 Å². The highest BCUT2D eigenvalue weighted by atomic mass is 16.6. The molecule has 36 heavy (non-hydrogen) atoms. The van der Waals surface area contributed by atoms with Crippen LogP contribution in [0.4, 0.5) is 0 Å². The van der Waals surface area contributed by atoms with Crippen LogP contribution >= 0.6 is 0 Å². The van der Waals surface area contributed by atoms with Crippen LogP contribution in [-0.4, -0.2) is 18.0 Å². The lowest BCUT2D eigenvalue weighted by Crippen LogP contribution is -2.23. The highest BCUT2D eigenvalue weighted by Gasteiger charge is 2.32. The molecular formula is C31H26O5. The van der Waals surface area contributed by atoms with Crippen molar-refractivity contribution in [2.45, 2.75) is 25.9 Å². The molecule has 0 fully saturated rings. The lowest BCUT2D eigenvalue weighted by molar-refractivity contribution is 0.0312. The zero-order valence-corrected chi connectivity index (χ0v) is 19.7. The minimum absolute atomic E-state index is 0.464. The molecule has 0 saturated carbocycles. The van der Waals surface area contributed by atoms with E-state index in [9.17, 15) is 5.11 Å². The van der Waals surface area contributed by atoms with Crippen LogP contribution in [0.3, 0.4) is 0 Å². The summed E-state index contributed by atoms with van der Waals surface area (Å²) in [7, 11) is 0. The molecule has 6 rings (SSSR count). The highest BCUT2D eigenvalue weighted by molar-refractivity contribution is 5.97. The largest absolute Gasteiger partial charge is 0.492 e. The summed E-state index contributed by atoms with van der Waals surface area (Å²) in [4.78, 5) is 0. The second-order valence-electron chi connectivity index (χ2n) is 8.83. The maximum atomic E-state index is 11.0. The van der Waals surface area contributed by atoms with Gasteiger partial charge in [-0.15, -0.1) is 0 Å². The molecule has 4 aromatic rings. The number of rotatable bonds is 6. The second-order valence-corrected chi connectivity index (χ2v) is 8.83. The Morgan fingerprint density at radius 3 is 1.92 bits per heavy atom. The average molecular weight is 479 g/mol. The molecule has 2 aliphatic heterocycles. The highest BCUT2D eigenvalue weighted by Crippen LogP contribution is 2.47. The molecule has 180 valence electrons. The summed E-state index contributed by atoms with van der Waals surface area (Å²) in [6.07, 6.45) is -0.449. The van der Waals surface area contributed by atoms with Crippen molar-refractivity contribution in [3.05, 3.63) is 119 Å². The Hall–Kier alpha value is -4.22. The molecular weight excluding hydrogens is 452 g/mol. The third-order valence-corrected chi connectivity index (χ3v) is 6.44. The van der Waals surface area contributed by atoms with Gasteiger partial charge in [-0.2, -0.15) is 0 Å². The van der Waals surface area contributed by atoms with E-state index in [0.717, 1.165) is 33.4 Å². The van der Waals surface area contributed by atoms with E-state index in [1.165, 1.54) is 0 Å². The first kappa shape index (κ1) is 22.3. The number of aliphatic hydroxyl groups excluding tert-OH is 1. The maximum Gasteiger partial charge on any atom is 0.225 e. The molecule has 0 aliphatic carbocycles. The summed E-state index contributed by atoms with van der Waals surface area (Å²) in [5, 5.41) is 11.0. The van der Waals surface area contributed by atoms with Gasteiger partial charge in [0.1, 0.15) is 36.2 Å². The summed E-state index contributed by atoms with van der Waals surface area (Å²) < 4.78 is 24.0. The van der Waals surface area contributed by atoms with Gasteiger partial charge in [0.25, 0.3) is 0 Å². The summed E-state index contributed by atoms with van der Waals surface area (Å²) in [5.74, 6) is 2.70. The molecule has 5 nitrogen and oxygen atoms in total. The van der Waals surface area contributed by atoms with E-state index in [-0.39, 0.29) is 0 Å². The molecule has 0 saturated heterocycles. The second kappa shape index (κ2) is 9.80. The van der Waals surface area contributed by atoms with E-state index < -0.39 is 6.29 Å². The van der Waals surface area contributed by atoms with Crippen molar-refractivity contribution in [1.29, 1.82) is 0 Å². The molecule has 2 heterocycles. The van der Waals surface area contributed by atoms with Crippen LogP contribution in [-0.2, 0) is 13.2 Å². The first-order valence-electron chi connectivity index (χ1n) is 12.1. The molecule has 1 unspecified atom stereocenters. The number of benzene rings is 4. The number of ether oxygens (including phenoxy) is 4. The van der Waals surface area contributed by atoms with Crippen LogP contribution in [0.5, 0.6) is 23.0 Å². The van der Waals surface area contributed by atoms with Gasteiger partial charge in [0, 0.05) is 35.3 Å². The average Bonchev–Trinajstić information content (AvgIpc) is 3.12. The molecule has 1 N–H and O–H groups in total. The molecule has 0 bridgehead atoms. The van der Waals surface area contributed by atoms with Crippen molar-refractivity contribution in [3.8, 4) is 23.0 Å². The van der Waals surface area contributed by atoms with Crippen molar-refractivity contribution in [1.82, 2.24) is 0 Å². The molecule has 0 radical (unpaired) electrons. The fraction of sp³-hybridized carbons (Fsp3) is 0.161. The van der Waals surface area contributed by atoms with Gasteiger partial charge in [0.15, 0.2) is 0 Å². The number of aliphatic hydroxyl groups is 1. The molecule has 0 spiro atoms. The fourth-order valence-electron chi connectivity index (χ4n) is 4.66. The van der Waals surface area contributed by atoms with Gasteiger partial charge in [-0.3, -0.25) is 0 Å². The fourth-order valence-corrected chi connectivity index (χ4v) is 4.66. The van der Waals surface area contributed by atoms with Gasteiger partial charge in [-0.05, 0) is 41.0 Å². The van der Waals surface area contributed by atoms with Gasteiger partial charge in [-0.25, -0.2) is 0 Å². The maximum absolute atomic E-state index is 11.0. The van der Waals surface area contributed by atoms with Crippen molar-refractivity contribution in [2.75, 3.05) is 6.61 Å². The van der Waals surface area contributed by atoms with Crippen LogP contribution < -0.4 is 18.9 Å². The lowest BCUT2D eigenvalue weighted by Gasteiger charge is -2.28. The molecule has 4 aromatic carbocycles. The monoisotopic (exact) mass is 478 g/mol. The Morgan fingerprint density at radius 2 is 1.28 bits per heavy atom. The zero-order valence-electron chi connectivity index (χ0n) is 19.7. The first-order chi connectivity index (χ1) is 17.7. The first-order valence-corrected chi connectivity index (χ1v) is 12.1. The summed E-state index contributed by atoms with van der Waals surface area (Å²) >= 11 is 0. The van der Waals surface area contributed by atoms with Crippen LogP contribution in [0, 0.1) is 0 Å². The van der Waals surface area contributed by atoms with Crippen LogP contribution in [0.2, 0.25) is 0 Å². The Morgan fingerprint density at radius 1 is 0.694 bits per heavy atom. The smallest absolute Gasteiger partial charge is 0.225 e. The van der Waals surface area contributed by atoms with Gasteiger partial charge in [0.2, 0.25) is 6.29 Å². The van der Waals surface area contributed by atoms with E-state index in [2.05, 4.69) is 0 Å². The normalized spacial score (nSPS) is 16.0. The van der Waals surface area contributed by atoms with Crippen LogP contribution in [0.15, 0.2) is 97.1 Å². The molecule has 0 amide bonds. The van der Waals surface area contributed by atoms with E-state index in [1.807, 2.05) is 97.1 Å². The standard InChI is InChI=1S/C31H26O5/c32-31-30-26(25-13-11-24(18-29(25)36-31)35-20-22-9-5-2-6-10-22)15-16-33-28-17-23(12-14-27(28)30)34-19-21-7-3-1-4-8-21/h1-14,17-18,31-32H,15-16,19-20H2. The summed E-state index contributed by atoms with van der Waals surface area (Å²) in [5.41, 5.74) is 5.71. The SMILES string of the molecule is OC1Oc2cc(OCc3ccccc3)ccc2C2=C1c1ccc(OCc3ccccc3)cc1OCC2. The third kappa shape index (κ3) is 4.53. The molecule has 0 aromatic heterocycles. The minimum atomic E-state index is -1.10. The summed E-state index contributed by atoms with van der Waals surface area (Å²) in [6.45, 7) is 1.43. The van der Waals surface area contributed by atoms with Crippen molar-refractivity contribution >= 4 is 11.1 Å². The summed E-state index contributed by atoms with van der Waals surface area (Å²) in [6, 6.07) is 31.6. The Balaban J connectivity index is 1.26. The van der Waals surface area contributed by atoms with Gasteiger partial charge in [-0.1, -0.05) is 60.7 Å². The van der Waals surface area contributed by atoms with Crippen molar-refractivity contribution in [3.63, 3.8) is 0 Å².